The smallest absolute Gasteiger partial charge is 0.242 e. The van der Waals surface area contributed by atoms with Gasteiger partial charge in [-0.3, -0.25) is 28.9 Å². The number of nitrogens with one attached hydrogen (secondary N) is 2. The standard InChI is InChI=1S/C29H57N7O15/c1-30-8-22(44)33(3)12-24(46)35(5)14-25(47)34(4)13-23(45)32(2)11-21(43)31-6-7-36(9-17(39)26(48)28(50)19(41)15-37)10-18(40)27(49)29(51)20(42)16-38/h17-20,26-30,37-42,48-51H,6-16H2,1-5H3,(H,31,43)/t17-,18-,19+,20+,26+,27+,28+,29+/m1/s1. The average molecular weight is 744 g/mol. The summed E-state index contributed by atoms with van der Waals surface area (Å²) in [4.78, 5) is 67.7. The van der Waals surface area contributed by atoms with Crippen molar-refractivity contribution in [1.82, 2.24) is 35.1 Å². The van der Waals surface area contributed by atoms with Gasteiger partial charge in [-0.05, 0) is 7.05 Å². The minimum atomic E-state index is -1.99. The van der Waals surface area contributed by atoms with Crippen LogP contribution in [0.1, 0.15) is 0 Å². The maximum Gasteiger partial charge on any atom is 0.242 e. The Morgan fingerprint density at radius 3 is 1.22 bits per heavy atom. The molecule has 0 aromatic rings. The van der Waals surface area contributed by atoms with Gasteiger partial charge in [-0.15, -0.1) is 0 Å². The van der Waals surface area contributed by atoms with Gasteiger partial charge in [-0.1, -0.05) is 0 Å². The summed E-state index contributed by atoms with van der Waals surface area (Å²) in [6, 6.07) is 0. The molecule has 0 spiro atoms. The van der Waals surface area contributed by atoms with Gasteiger partial charge in [0.1, 0.15) is 36.6 Å². The Kier molecular flexibility index (Phi) is 22.7. The number of amides is 5. The molecule has 0 aromatic heterocycles. The van der Waals surface area contributed by atoms with Gasteiger partial charge in [0, 0.05) is 54.4 Å². The summed E-state index contributed by atoms with van der Waals surface area (Å²) in [5.41, 5.74) is 0. The van der Waals surface area contributed by atoms with E-state index in [0.29, 0.717) is 0 Å². The Bertz CT molecular complexity index is 1060. The lowest BCUT2D eigenvalue weighted by atomic mass is 10.0. The first kappa shape index (κ1) is 47.9. The summed E-state index contributed by atoms with van der Waals surface area (Å²) in [7, 11) is 7.01. The molecular formula is C29H57N7O15. The highest BCUT2D eigenvalue weighted by Crippen LogP contribution is 2.10. The van der Waals surface area contributed by atoms with Gasteiger partial charge in [-0.2, -0.15) is 0 Å². The van der Waals surface area contributed by atoms with E-state index in [-0.39, 0.29) is 38.6 Å². The molecule has 8 atom stereocenters. The number of hydrogen-bond acceptors (Lipinski definition) is 17. The molecule has 0 aliphatic heterocycles. The van der Waals surface area contributed by atoms with Gasteiger partial charge < -0.3 is 81.3 Å². The zero-order chi connectivity index (χ0) is 39.6. The molecule has 298 valence electrons. The Morgan fingerprint density at radius 1 is 0.529 bits per heavy atom. The molecule has 0 saturated heterocycles. The molecule has 0 heterocycles. The molecule has 0 fully saturated rings. The van der Waals surface area contributed by atoms with Crippen LogP contribution in [-0.2, 0) is 24.0 Å². The molecule has 0 bridgehead atoms. The largest absolute Gasteiger partial charge is 0.394 e. The second-order valence-corrected chi connectivity index (χ2v) is 12.2. The lowest BCUT2D eigenvalue weighted by molar-refractivity contribution is -0.144. The van der Waals surface area contributed by atoms with E-state index < -0.39 is 112 Å². The van der Waals surface area contributed by atoms with Crippen LogP contribution in [0.3, 0.4) is 0 Å². The van der Waals surface area contributed by atoms with Crippen LogP contribution in [0.4, 0.5) is 0 Å². The minimum absolute atomic E-state index is 0.0292. The van der Waals surface area contributed by atoms with Crippen molar-refractivity contribution in [3.8, 4) is 0 Å². The second kappa shape index (κ2) is 24.2. The van der Waals surface area contributed by atoms with Crippen molar-refractivity contribution in [2.75, 3.05) is 107 Å². The van der Waals surface area contributed by atoms with Crippen molar-refractivity contribution in [3.05, 3.63) is 0 Å². The van der Waals surface area contributed by atoms with Crippen LogP contribution in [0, 0.1) is 0 Å². The van der Waals surface area contributed by atoms with Crippen LogP contribution in [0.25, 0.3) is 0 Å². The van der Waals surface area contributed by atoms with E-state index in [1.54, 1.807) is 7.05 Å². The fourth-order valence-electron chi connectivity index (χ4n) is 4.36. The van der Waals surface area contributed by atoms with Crippen LogP contribution in [0.2, 0.25) is 0 Å². The normalized spacial score (nSPS) is 16.2. The summed E-state index contributed by atoms with van der Waals surface area (Å²) in [5, 5.41) is 103. The third-order valence-electron chi connectivity index (χ3n) is 7.82. The highest BCUT2D eigenvalue weighted by atomic mass is 16.4. The summed E-state index contributed by atoms with van der Waals surface area (Å²) in [6.07, 6.45) is -15.1. The van der Waals surface area contributed by atoms with Gasteiger partial charge >= 0.3 is 0 Å². The van der Waals surface area contributed by atoms with E-state index in [1.165, 1.54) is 38.0 Å². The maximum absolute atomic E-state index is 12.7. The zero-order valence-electron chi connectivity index (χ0n) is 29.6. The quantitative estimate of drug-likeness (QED) is 0.0413. The van der Waals surface area contributed by atoms with Gasteiger partial charge in [0.25, 0.3) is 0 Å². The molecule has 0 unspecified atom stereocenters. The zero-order valence-corrected chi connectivity index (χ0v) is 29.6. The number of rotatable bonds is 25. The van der Waals surface area contributed by atoms with Gasteiger partial charge in [0.15, 0.2) is 0 Å². The maximum atomic E-state index is 12.7. The first-order valence-corrected chi connectivity index (χ1v) is 16.0. The van der Waals surface area contributed by atoms with Crippen molar-refractivity contribution in [3.63, 3.8) is 0 Å². The molecule has 0 rings (SSSR count). The number of carbonyl (C=O) groups is 5. The Morgan fingerprint density at radius 2 is 0.863 bits per heavy atom. The van der Waals surface area contributed by atoms with Crippen LogP contribution in [0.5, 0.6) is 0 Å². The fourth-order valence-corrected chi connectivity index (χ4v) is 4.36. The highest BCUT2D eigenvalue weighted by molar-refractivity contribution is 5.91. The Hall–Kier alpha value is -3.13. The van der Waals surface area contributed by atoms with Crippen molar-refractivity contribution in [2.24, 2.45) is 0 Å². The van der Waals surface area contributed by atoms with Gasteiger partial charge in [-0.25, -0.2) is 0 Å². The average Bonchev–Trinajstić information content (AvgIpc) is 3.08. The molecule has 0 radical (unpaired) electrons. The van der Waals surface area contributed by atoms with E-state index in [9.17, 15) is 64.8 Å². The van der Waals surface area contributed by atoms with Gasteiger partial charge in [0.05, 0.1) is 58.1 Å². The predicted octanol–water partition coefficient (Wildman–Crippen LogP) is -9.67. The summed E-state index contributed by atoms with van der Waals surface area (Å²) >= 11 is 0. The van der Waals surface area contributed by atoms with Crippen molar-refractivity contribution >= 4 is 29.5 Å². The van der Waals surface area contributed by atoms with Crippen molar-refractivity contribution in [1.29, 1.82) is 0 Å². The van der Waals surface area contributed by atoms with E-state index in [4.69, 9.17) is 10.2 Å². The molecule has 22 heteroatoms. The SMILES string of the molecule is CNCC(=O)N(C)CC(=O)N(C)CC(=O)N(C)CC(=O)N(C)CC(=O)NCCN(C[C@@H](O)[C@H](O)[C@@H](O)[C@@H](O)CO)C[C@@H](O)[C@H](O)[C@@H](O)[C@@H](O)CO. The first-order valence-electron chi connectivity index (χ1n) is 16.0. The molecule has 0 aliphatic carbocycles. The molecular weight excluding hydrogens is 686 g/mol. The summed E-state index contributed by atoms with van der Waals surface area (Å²) < 4.78 is 0. The molecule has 0 saturated carbocycles. The Labute approximate surface area is 296 Å². The number of carbonyl (C=O) groups excluding carboxylic acids is 5. The molecule has 22 nitrogen and oxygen atoms in total. The molecule has 5 amide bonds. The Balaban J connectivity index is 5.20. The predicted molar refractivity (Wildman–Crippen MR) is 176 cm³/mol. The highest BCUT2D eigenvalue weighted by Gasteiger charge is 2.34. The summed E-state index contributed by atoms with van der Waals surface area (Å²) in [5.74, 6) is -2.72. The van der Waals surface area contributed by atoms with Crippen LogP contribution >= 0.6 is 0 Å². The number of likely N-dealkylation sites (N-methyl/N-ethyl adjacent to an activating group) is 5. The third-order valence-corrected chi connectivity index (χ3v) is 7.82. The second-order valence-electron chi connectivity index (χ2n) is 12.2. The van der Waals surface area contributed by atoms with Crippen molar-refractivity contribution < 1.29 is 75.0 Å². The van der Waals surface area contributed by atoms with E-state index in [2.05, 4.69) is 10.6 Å². The van der Waals surface area contributed by atoms with E-state index in [1.807, 2.05) is 0 Å². The van der Waals surface area contributed by atoms with Crippen molar-refractivity contribution in [2.45, 2.75) is 48.8 Å². The third kappa shape index (κ3) is 17.3. The molecule has 51 heavy (non-hydrogen) atoms. The number of aliphatic hydroxyl groups is 10. The van der Waals surface area contributed by atoms with Gasteiger partial charge in [0.2, 0.25) is 29.5 Å². The lowest BCUT2D eigenvalue weighted by Gasteiger charge is -2.33. The van der Waals surface area contributed by atoms with Crippen LogP contribution in [0.15, 0.2) is 0 Å². The fraction of sp³-hybridized carbons (Fsp3) is 0.828. The van der Waals surface area contributed by atoms with Crippen LogP contribution < -0.4 is 10.6 Å². The first-order chi connectivity index (χ1) is 23.7. The van der Waals surface area contributed by atoms with E-state index in [0.717, 1.165) is 14.7 Å². The van der Waals surface area contributed by atoms with E-state index >= 15 is 0 Å². The number of hydrogen-bond donors (Lipinski definition) is 12. The number of aliphatic hydroxyl groups excluding tert-OH is 10. The lowest BCUT2D eigenvalue weighted by Crippen LogP contribution is -2.54. The molecule has 0 aromatic carbocycles. The summed E-state index contributed by atoms with van der Waals surface area (Å²) in [6.45, 7) is -4.86. The topological polar surface area (TPSA) is 328 Å². The molecule has 12 N–H and O–H groups in total. The minimum Gasteiger partial charge on any atom is -0.394 e. The monoisotopic (exact) mass is 743 g/mol. The number of nitrogens with zero attached hydrogens (tertiary/aromatic N) is 5. The molecule has 0 aliphatic rings. The van der Waals surface area contributed by atoms with Crippen LogP contribution in [-0.4, -0.2) is 261 Å².